The number of benzene rings is 2. The van der Waals surface area contributed by atoms with Gasteiger partial charge in [-0.1, -0.05) is 29.3 Å². The first-order valence-electron chi connectivity index (χ1n) is 8.22. The van der Waals surface area contributed by atoms with Gasteiger partial charge in [0.25, 0.3) is 0 Å². The van der Waals surface area contributed by atoms with Crippen LogP contribution in [0.25, 0.3) is 0 Å². The number of hydrogen-bond donors (Lipinski definition) is 1. The van der Waals surface area contributed by atoms with E-state index in [1.54, 1.807) is 29.6 Å². The summed E-state index contributed by atoms with van der Waals surface area (Å²) in [5.41, 5.74) is 2.91. The maximum Gasteiger partial charge on any atom is 0.338 e. The fourth-order valence-corrected chi connectivity index (χ4v) is 3.19. The summed E-state index contributed by atoms with van der Waals surface area (Å²) in [7, 11) is 0. The van der Waals surface area contributed by atoms with Gasteiger partial charge in [0.15, 0.2) is 0 Å². The molecule has 5 nitrogen and oxygen atoms in total. The molecule has 0 atom stereocenters. The average molecular weight is 401 g/mol. The van der Waals surface area contributed by atoms with Crippen molar-refractivity contribution < 1.29 is 14.3 Å². The minimum atomic E-state index is -0.446. The average Bonchev–Trinajstić information content (AvgIpc) is 3.09. The minimum Gasteiger partial charge on any atom is -0.456 e. The Morgan fingerprint density at radius 2 is 1.81 bits per heavy atom. The number of thiazole rings is 1. The van der Waals surface area contributed by atoms with Crippen LogP contribution in [0.4, 0.5) is 5.69 Å². The number of carbonyl (C=O) groups excluding carboxylic acids is 2. The molecule has 3 rings (SSSR count). The van der Waals surface area contributed by atoms with Gasteiger partial charge in [-0.15, -0.1) is 11.3 Å². The van der Waals surface area contributed by atoms with Gasteiger partial charge >= 0.3 is 5.97 Å². The molecule has 1 aromatic heterocycles. The maximum absolute atomic E-state index is 12.1. The molecule has 0 unspecified atom stereocenters. The van der Waals surface area contributed by atoms with Crippen molar-refractivity contribution in [1.82, 2.24) is 4.98 Å². The normalized spacial score (nSPS) is 10.4. The van der Waals surface area contributed by atoms with E-state index in [0.29, 0.717) is 21.3 Å². The summed E-state index contributed by atoms with van der Waals surface area (Å²) in [5, 5.41) is 5.84. The van der Waals surface area contributed by atoms with E-state index >= 15 is 0 Å². The largest absolute Gasteiger partial charge is 0.456 e. The molecule has 2 aromatic carbocycles. The van der Waals surface area contributed by atoms with E-state index < -0.39 is 5.97 Å². The Balaban J connectivity index is 1.50. The Hall–Kier alpha value is -2.70. The predicted molar refractivity (Wildman–Crippen MR) is 106 cm³/mol. The number of ether oxygens (including phenoxy) is 1. The Bertz CT molecular complexity index is 937. The molecule has 0 saturated heterocycles. The van der Waals surface area contributed by atoms with Crippen molar-refractivity contribution in [1.29, 1.82) is 0 Å². The molecule has 1 N–H and O–H groups in total. The van der Waals surface area contributed by atoms with Crippen LogP contribution in [0, 0.1) is 6.92 Å². The summed E-state index contributed by atoms with van der Waals surface area (Å²) in [4.78, 5) is 28.4. The third-order valence-electron chi connectivity index (χ3n) is 3.68. The quantitative estimate of drug-likeness (QED) is 0.612. The first kappa shape index (κ1) is 19.1. The van der Waals surface area contributed by atoms with E-state index in [2.05, 4.69) is 10.3 Å². The highest BCUT2D eigenvalue weighted by Gasteiger charge is 2.11. The van der Waals surface area contributed by atoms with Crippen LogP contribution in [0.2, 0.25) is 5.02 Å². The van der Waals surface area contributed by atoms with E-state index in [9.17, 15) is 9.59 Å². The number of esters is 1. The molecule has 1 heterocycles. The lowest BCUT2D eigenvalue weighted by molar-refractivity contribution is -0.115. The van der Waals surface area contributed by atoms with Crippen LogP contribution in [0.3, 0.4) is 0 Å². The van der Waals surface area contributed by atoms with Gasteiger partial charge in [-0.05, 0) is 43.3 Å². The van der Waals surface area contributed by atoms with Gasteiger partial charge in [0.05, 0.1) is 17.7 Å². The van der Waals surface area contributed by atoms with E-state index in [1.807, 2.05) is 31.2 Å². The Kier molecular flexibility index (Phi) is 6.21. The molecule has 0 aliphatic carbocycles. The monoisotopic (exact) mass is 400 g/mol. The summed E-state index contributed by atoms with van der Waals surface area (Å²) < 4.78 is 5.24. The van der Waals surface area contributed by atoms with E-state index in [0.717, 1.165) is 11.3 Å². The second-order valence-electron chi connectivity index (χ2n) is 5.91. The maximum atomic E-state index is 12.1. The molecule has 7 heteroatoms. The van der Waals surface area contributed by atoms with Gasteiger partial charge < -0.3 is 10.1 Å². The molecule has 27 heavy (non-hydrogen) atoms. The second-order valence-corrected chi connectivity index (χ2v) is 7.29. The van der Waals surface area contributed by atoms with Crippen LogP contribution in [-0.4, -0.2) is 16.9 Å². The van der Waals surface area contributed by atoms with Crippen molar-refractivity contribution in [2.45, 2.75) is 20.0 Å². The van der Waals surface area contributed by atoms with Gasteiger partial charge in [-0.2, -0.15) is 0 Å². The molecule has 0 aliphatic heterocycles. The fraction of sp³-hybridized carbons (Fsp3) is 0.150. The second kappa shape index (κ2) is 8.79. The zero-order valence-electron chi connectivity index (χ0n) is 14.6. The first-order chi connectivity index (χ1) is 13.0. The molecule has 3 aromatic rings. The SMILES string of the molecule is Cc1ccc(NC(=O)Cc2nc(COC(=O)c3ccc(Cl)cc3)cs2)cc1. The summed E-state index contributed by atoms with van der Waals surface area (Å²) in [5.74, 6) is -0.587. The fourth-order valence-electron chi connectivity index (χ4n) is 2.28. The number of hydrogen-bond acceptors (Lipinski definition) is 5. The highest BCUT2D eigenvalue weighted by Crippen LogP contribution is 2.15. The van der Waals surface area contributed by atoms with Crippen LogP contribution < -0.4 is 5.32 Å². The summed E-state index contributed by atoms with van der Waals surface area (Å²) in [6.45, 7) is 2.04. The first-order valence-corrected chi connectivity index (χ1v) is 9.48. The molecule has 138 valence electrons. The standard InChI is InChI=1S/C20H17ClN2O3S/c1-13-2-8-16(9-3-13)22-18(24)10-19-23-17(12-27-19)11-26-20(25)14-4-6-15(21)7-5-14/h2-9,12H,10-11H2,1H3,(H,22,24). The van der Waals surface area contributed by atoms with Gasteiger partial charge in [-0.25, -0.2) is 9.78 Å². The minimum absolute atomic E-state index is 0.0531. The van der Waals surface area contributed by atoms with Crippen molar-refractivity contribution >= 4 is 40.5 Å². The molecule has 0 fully saturated rings. The number of nitrogens with one attached hydrogen (secondary N) is 1. The van der Waals surface area contributed by atoms with Crippen LogP contribution in [-0.2, 0) is 22.6 Å². The van der Waals surface area contributed by atoms with Crippen molar-refractivity contribution in [2.75, 3.05) is 5.32 Å². The predicted octanol–water partition coefficient (Wildman–Crippen LogP) is 4.64. The van der Waals surface area contributed by atoms with Crippen molar-refractivity contribution in [3.8, 4) is 0 Å². The Morgan fingerprint density at radius 1 is 1.11 bits per heavy atom. The van der Waals surface area contributed by atoms with Crippen LogP contribution in [0.1, 0.15) is 26.6 Å². The van der Waals surface area contributed by atoms with Gasteiger partial charge in [0.1, 0.15) is 11.6 Å². The van der Waals surface area contributed by atoms with Crippen molar-refractivity contribution in [3.63, 3.8) is 0 Å². The number of amides is 1. The molecule has 0 aliphatic rings. The third-order valence-corrected chi connectivity index (χ3v) is 4.83. The topological polar surface area (TPSA) is 68.3 Å². The van der Waals surface area contributed by atoms with Crippen LogP contribution in [0.15, 0.2) is 53.9 Å². The van der Waals surface area contributed by atoms with Crippen LogP contribution >= 0.6 is 22.9 Å². The molecular formula is C20H17ClN2O3S. The zero-order chi connectivity index (χ0) is 19.2. The number of nitrogens with zero attached hydrogens (tertiary/aromatic N) is 1. The molecule has 0 radical (unpaired) electrons. The van der Waals surface area contributed by atoms with Gasteiger partial charge in [0.2, 0.25) is 5.91 Å². The molecule has 1 amide bonds. The lowest BCUT2D eigenvalue weighted by Gasteiger charge is -2.04. The number of anilines is 1. The van der Waals surface area contributed by atoms with Gasteiger partial charge in [0, 0.05) is 16.1 Å². The third kappa shape index (κ3) is 5.64. The number of carbonyl (C=O) groups is 2. The highest BCUT2D eigenvalue weighted by molar-refractivity contribution is 7.09. The van der Waals surface area contributed by atoms with E-state index in [-0.39, 0.29) is 18.9 Å². The molecular weight excluding hydrogens is 384 g/mol. The Morgan fingerprint density at radius 3 is 2.52 bits per heavy atom. The lowest BCUT2D eigenvalue weighted by atomic mass is 10.2. The van der Waals surface area contributed by atoms with E-state index in [4.69, 9.17) is 16.3 Å². The number of aromatic nitrogens is 1. The molecule has 0 bridgehead atoms. The summed E-state index contributed by atoms with van der Waals surface area (Å²) in [6, 6.07) is 14.1. The highest BCUT2D eigenvalue weighted by atomic mass is 35.5. The van der Waals surface area contributed by atoms with Crippen molar-refractivity contribution in [2.24, 2.45) is 0 Å². The Labute approximate surface area is 166 Å². The zero-order valence-corrected chi connectivity index (χ0v) is 16.1. The number of aryl methyl sites for hydroxylation is 1. The summed E-state index contributed by atoms with van der Waals surface area (Å²) >= 11 is 7.16. The lowest BCUT2D eigenvalue weighted by Crippen LogP contribution is -2.14. The van der Waals surface area contributed by atoms with E-state index in [1.165, 1.54) is 11.3 Å². The smallest absolute Gasteiger partial charge is 0.338 e. The summed E-state index contributed by atoms with van der Waals surface area (Å²) in [6.07, 6.45) is 0.170. The van der Waals surface area contributed by atoms with Gasteiger partial charge in [-0.3, -0.25) is 4.79 Å². The number of rotatable bonds is 6. The van der Waals surface area contributed by atoms with Crippen LogP contribution in [0.5, 0.6) is 0 Å². The van der Waals surface area contributed by atoms with Crippen molar-refractivity contribution in [3.05, 3.63) is 80.8 Å². The molecule has 0 saturated carbocycles. The molecule has 0 spiro atoms. The number of halogens is 1.